The van der Waals surface area contributed by atoms with Crippen LogP contribution >= 0.6 is 23.8 Å². The molecule has 0 bridgehead atoms. The molecule has 0 atom stereocenters. The molecular weight excluding hydrogens is 450 g/mol. The Bertz CT molecular complexity index is 1150. The highest BCUT2D eigenvalue weighted by atomic mass is 35.5. The quantitative estimate of drug-likeness (QED) is 0.167. The van der Waals surface area contributed by atoms with Gasteiger partial charge in [-0.05, 0) is 60.2 Å². The molecule has 3 rings (SSSR count). The van der Waals surface area contributed by atoms with E-state index in [1.807, 2.05) is 24.3 Å². The number of rotatable bonds is 7. The van der Waals surface area contributed by atoms with Gasteiger partial charge in [-0.25, -0.2) is 4.79 Å². The number of esters is 1. The van der Waals surface area contributed by atoms with E-state index in [-0.39, 0.29) is 11.3 Å². The van der Waals surface area contributed by atoms with E-state index < -0.39 is 5.97 Å². The van der Waals surface area contributed by atoms with Crippen molar-refractivity contribution in [1.29, 1.82) is 0 Å². The Morgan fingerprint density at radius 2 is 1.69 bits per heavy atom. The summed E-state index contributed by atoms with van der Waals surface area (Å²) in [5.41, 5.74) is 4.42. The number of thiocarbonyl (C=S) groups is 1. The fourth-order valence-corrected chi connectivity index (χ4v) is 3.07. The van der Waals surface area contributed by atoms with Gasteiger partial charge in [0.15, 0.2) is 16.6 Å². The van der Waals surface area contributed by atoms with E-state index in [1.54, 1.807) is 55.8 Å². The highest BCUT2D eigenvalue weighted by Gasteiger charge is 2.15. The zero-order chi connectivity index (χ0) is 22.9. The van der Waals surface area contributed by atoms with Gasteiger partial charge in [-0.3, -0.25) is 5.43 Å². The molecule has 0 aliphatic heterocycles. The van der Waals surface area contributed by atoms with Crippen LogP contribution in [0.15, 0.2) is 71.8 Å². The normalized spacial score (nSPS) is 10.5. The van der Waals surface area contributed by atoms with Crippen LogP contribution in [0.2, 0.25) is 5.02 Å². The molecule has 0 amide bonds. The third kappa shape index (κ3) is 5.96. The molecule has 0 saturated carbocycles. The molecule has 0 aromatic heterocycles. The molecule has 2 N–H and O–H groups in total. The molecule has 0 saturated heterocycles. The fraction of sp³-hybridized carbons (Fsp3) is 0.0870. The zero-order valence-electron chi connectivity index (χ0n) is 17.3. The number of methoxy groups -OCH3 is 2. The summed E-state index contributed by atoms with van der Waals surface area (Å²) in [6.45, 7) is 0. The molecule has 0 fully saturated rings. The van der Waals surface area contributed by atoms with E-state index in [4.69, 9.17) is 38.0 Å². The Labute approximate surface area is 195 Å². The standard InChI is InChI=1S/C23H20ClN3O4S/c1-29-19-10-6-5-9-18(19)26-23(32)27-25-14-15-11-12-20(21(13-15)30-2)31-22(28)16-7-3-4-8-17(16)24/h3-14H,1-2H3,(H2,26,27,32)/b25-14-. The van der Waals surface area contributed by atoms with E-state index >= 15 is 0 Å². The molecule has 3 aromatic rings. The first-order valence-corrected chi connectivity index (χ1v) is 10.2. The molecule has 0 radical (unpaired) electrons. The number of hydrazone groups is 1. The van der Waals surface area contributed by atoms with Gasteiger partial charge in [0.1, 0.15) is 5.75 Å². The number of nitrogens with one attached hydrogen (secondary N) is 2. The van der Waals surface area contributed by atoms with Crippen LogP contribution < -0.4 is 25.0 Å². The van der Waals surface area contributed by atoms with Crippen LogP contribution in [0.4, 0.5) is 5.69 Å². The fourth-order valence-electron chi connectivity index (χ4n) is 2.69. The number of halogens is 1. The Morgan fingerprint density at radius 1 is 0.969 bits per heavy atom. The Hall–Kier alpha value is -3.62. The van der Waals surface area contributed by atoms with Gasteiger partial charge in [0, 0.05) is 0 Å². The van der Waals surface area contributed by atoms with Crippen LogP contribution in [0.25, 0.3) is 0 Å². The van der Waals surface area contributed by atoms with Gasteiger partial charge in [0.25, 0.3) is 0 Å². The lowest BCUT2D eigenvalue weighted by Crippen LogP contribution is -2.24. The summed E-state index contributed by atoms with van der Waals surface area (Å²) >= 11 is 11.3. The summed E-state index contributed by atoms with van der Waals surface area (Å²) in [6.07, 6.45) is 1.55. The number of anilines is 1. The molecule has 0 spiro atoms. The molecule has 7 nitrogen and oxygen atoms in total. The minimum atomic E-state index is -0.579. The van der Waals surface area contributed by atoms with Gasteiger partial charge in [-0.15, -0.1) is 0 Å². The number of hydrogen-bond acceptors (Lipinski definition) is 6. The third-order valence-electron chi connectivity index (χ3n) is 4.22. The Morgan fingerprint density at radius 3 is 2.44 bits per heavy atom. The van der Waals surface area contributed by atoms with Gasteiger partial charge in [0.2, 0.25) is 0 Å². The summed E-state index contributed by atoms with van der Waals surface area (Å²) < 4.78 is 16.1. The van der Waals surface area contributed by atoms with Crippen LogP contribution in [0.5, 0.6) is 17.2 Å². The van der Waals surface area contributed by atoms with Crippen molar-refractivity contribution >= 4 is 46.8 Å². The maximum absolute atomic E-state index is 12.4. The van der Waals surface area contributed by atoms with Crippen LogP contribution in [0.1, 0.15) is 15.9 Å². The lowest BCUT2D eigenvalue weighted by molar-refractivity contribution is 0.0730. The van der Waals surface area contributed by atoms with Crippen LogP contribution in [0, 0.1) is 0 Å². The SMILES string of the molecule is COc1ccccc1NC(=S)N/N=C\c1ccc(OC(=O)c2ccccc2Cl)c(OC)c1. The average molecular weight is 470 g/mol. The van der Waals surface area contributed by atoms with Crippen molar-refractivity contribution in [3.63, 3.8) is 0 Å². The predicted molar refractivity (Wildman–Crippen MR) is 129 cm³/mol. The predicted octanol–water partition coefficient (Wildman–Crippen LogP) is 4.90. The smallest absolute Gasteiger partial charge is 0.345 e. The zero-order valence-corrected chi connectivity index (χ0v) is 18.9. The van der Waals surface area contributed by atoms with Crippen molar-refractivity contribution in [3.8, 4) is 17.2 Å². The second-order valence-corrected chi connectivity index (χ2v) is 7.12. The van der Waals surface area contributed by atoms with Crippen LogP contribution in [-0.2, 0) is 0 Å². The molecule has 9 heteroatoms. The first-order valence-electron chi connectivity index (χ1n) is 9.39. The summed E-state index contributed by atoms with van der Waals surface area (Å²) in [4.78, 5) is 12.4. The molecule has 0 aliphatic carbocycles. The Balaban J connectivity index is 1.64. The van der Waals surface area contributed by atoms with Gasteiger partial charge >= 0.3 is 5.97 Å². The summed E-state index contributed by atoms with van der Waals surface area (Å²) in [6, 6.07) is 19.0. The van der Waals surface area contributed by atoms with Gasteiger partial charge in [0.05, 0.1) is 36.7 Å². The number of ether oxygens (including phenoxy) is 3. The number of carbonyl (C=O) groups is 1. The van der Waals surface area contributed by atoms with E-state index in [0.717, 1.165) is 0 Å². The lowest BCUT2D eigenvalue weighted by Gasteiger charge is -2.11. The van der Waals surface area contributed by atoms with Crippen molar-refractivity contribution in [3.05, 3.63) is 82.9 Å². The first kappa shape index (κ1) is 23.1. The Kier molecular flexibility index (Phi) is 8.02. The number of carbonyl (C=O) groups excluding carboxylic acids is 1. The van der Waals surface area contributed by atoms with Crippen molar-refractivity contribution in [2.45, 2.75) is 0 Å². The number of hydrogen-bond donors (Lipinski definition) is 2. The summed E-state index contributed by atoms with van der Waals surface area (Å²) in [5, 5.41) is 7.73. The van der Waals surface area contributed by atoms with Crippen molar-refractivity contribution < 1.29 is 19.0 Å². The van der Waals surface area contributed by atoms with Gasteiger partial charge in [-0.2, -0.15) is 5.10 Å². The largest absolute Gasteiger partial charge is 0.495 e. The summed E-state index contributed by atoms with van der Waals surface area (Å²) in [5.74, 6) is 0.706. The molecule has 164 valence electrons. The highest BCUT2D eigenvalue weighted by molar-refractivity contribution is 7.80. The minimum Gasteiger partial charge on any atom is -0.495 e. The van der Waals surface area contributed by atoms with Gasteiger partial charge < -0.3 is 19.5 Å². The van der Waals surface area contributed by atoms with E-state index in [0.29, 0.717) is 32.9 Å². The molecule has 0 aliphatic rings. The topological polar surface area (TPSA) is 81.2 Å². The van der Waals surface area contributed by atoms with E-state index in [1.165, 1.54) is 7.11 Å². The average Bonchev–Trinajstić information content (AvgIpc) is 2.80. The molecule has 32 heavy (non-hydrogen) atoms. The molecule has 0 unspecified atom stereocenters. The monoisotopic (exact) mass is 469 g/mol. The lowest BCUT2D eigenvalue weighted by atomic mass is 10.2. The summed E-state index contributed by atoms with van der Waals surface area (Å²) in [7, 11) is 3.06. The van der Waals surface area contributed by atoms with Crippen molar-refractivity contribution in [2.24, 2.45) is 5.10 Å². The van der Waals surface area contributed by atoms with Crippen molar-refractivity contribution in [1.82, 2.24) is 5.43 Å². The van der Waals surface area contributed by atoms with Gasteiger partial charge in [-0.1, -0.05) is 35.9 Å². The molecule has 3 aromatic carbocycles. The third-order valence-corrected chi connectivity index (χ3v) is 4.74. The van der Waals surface area contributed by atoms with Crippen LogP contribution in [0.3, 0.4) is 0 Å². The first-order chi connectivity index (χ1) is 15.5. The number of nitrogens with zero attached hydrogens (tertiary/aromatic N) is 1. The second kappa shape index (κ2) is 11.1. The number of benzene rings is 3. The van der Waals surface area contributed by atoms with E-state index in [2.05, 4.69) is 15.8 Å². The maximum atomic E-state index is 12.4. The maximum Gasteiger partial charge on any atom is 0.345 e. The highest BCUT2D eigenvalue weighted by Crippen LogP contribution is 2.29. The molecule has 0 heterocycles. The molecular formula is C23H20ClN3O4S. The van der Waals surface area contributed by atoms with E-state index in [9.17, 15) is 4.79 Å². The number of para-hydroxylation sites is 2. The van der Waals surface area contributed by atoms with Crippen LogP contribution in [-0.4, -0.2) is 31.5 Å². The van der Waals surface area contributed by atoms with Crippen molar-refractivity contribution in [2.75, 3.05) is 19.5 Å². The minimum absolute atomic E-state index is 0.260. The second-order valence-electron chi connectivity index (χ2n) is 6.30.